The van der Waals surface area contributed by atoms with Gasteiger partial charge in [0, 0.05) is 32.3 Å². The lowest BCUT2D eigenvalue weighted by Gasteiger charge is -2.42. The lowest BCUT2D eigenvalue weighted by molar-refractivity contribution is 0.0792. The van der Waals surface area contributed by atoms with Crippen LogP contribution in [0.15, 0.2) is 0 Å². The number of hydrogen-bond acceptors (Lipinski definition) is 3. The van der Waals surface area contributed by atoms with Crippen molar-refractivity contribution < 1.29 is 4.74 Å². The zero-order valence-corrected chi connectivity index (χ0v) is 13.9. The van der Waals surface area contributed by atoms with E-state index < -0.39 is 0 Å². The molecule has 3 nitrogen and oxygen atoms in total. The number of nitrogens with one attached hydrogen (secondary N) is 1. The van der Waals surface area contributed by atoms with Crippen LogP contribution in [0.5, 0.6) is 0 Å². The van der Waals surface area contributed by atoms with Crippen molar-refractivity contribution >= 4 is 0 Å². The Bertz CT molecular complexity index is 280. The van der Waals surface area contributed by atoms with Crippen LogP contribution < -0.4 is 5.32 Å². The van der Waals surface area contributed by atoms with Crippen LogP contribution in [0.25, 0.3) is 0 Å². The predicted octanol–water partition coefficient (Wildman–Crippen LogP) is 2.76. The van der Waals surface area contributed by atoms with Crippen LogP contribution in [0.4, 0.5) is 0 Å². The van der Waals surface area contributed by atoms with E-state index in [-0.39, 0.29) is 0 Å². The summed E-state index contributed by atoms with van der Waals surface area (Å²) in [5.74, 6) is 2.52. The van der Waals surface area contributed by atoms with E-state index in [1.165, 1.54) is 32.2 Å². The molecule has 2 rings (SSSR count). The molecule has 20 heavy (non-hydrogen) atoms. The Labute approximate surface area is 125 Å². The second kappa shape index (κ2) is 7.77. The molecule has 0 radical (unpaired) electrons. The van der Waals surface area contributed by atoms with Gasteiger partial charge in [-0.15, -0.1) is 0 Å². The Morgan fingerprint density at radius 2 is 1.95 bits per heavy atom. The molecule has 0 aliphatic heterocycles. The highest BCUT2D eigenvalue weighted by Crippen LogP contribution is 2.36. The van der Waals surface area contributed by atoms with Crippen molar-refractivity contribution in [1.82, 2.24) is 10.2 Å². The number of nitrogens with zero attached hydrogens (tertiary/aromatic N) is 1. The van der Waals surface area contributed by atoms with Crippen molar-refractivity contribution in [3.8, 4) is 0 Å². The van der Waals surface area contributed by atoms with Crippen molar-refractivity contribution in [3.05, 3.63) is 0 Å². The van der Waals surface area contributed by atoms with Crippen molar-refractivity contribution in [2.45, 2.75) is 58.5 Å². The Hall–Kier alpha value is -0.120. The summed E-state index contributed by atoms with van der Waals surface area (Å²) in [6, 6.07) is 1.56. The monoisotopic (exact) mass is 282 g/mol. The first-order chi connectivity index (χ1) is 9.65. The molecule has 2 fully saturated rings. The van der Waals surface area contributed by atoms with Gasteiger partial charge in [-0.3, -0.25) is 4.90 Å². The summed E-state index contributed by atoms with van der Waals surface area (Å²) >= 11 is 0. The van der Waals surface area contributed by atoms with E-state index in [4.69, 9.17) is 4.74 Å². The van der Waals surface area contributed by atoms with Crippen molar-refractivity contribution in [3.63, 3.8) is 0 Å². The molecule has 0 saturated heterocycles. The van der Waals surface area contributed by atoms with Gasteiger partial charge in [-0.05, 0) is 50.0 Å². The molecule has 4 unspecified atom stereocenters. The highest BCUT2D eigenvalue weighted by molar-refractivity contribution is 4.92. The summed E-state index contributed by atoms with van der Waals surface area (Å²) in [5, 5.41) is 3.76. The average Bonchev–Trinajstić information content (AvgIpc) is 3.21. The van der Waals surface area contributed by atoms with Gasteiger partial charge in [-0.1, -0.05) is 20.8 Å². The largest absolute Gasteiger partial charge is 0.383 e. The highest BCUT2D eigenvalue weighted by atomic mass is 16.5. The van der Waals surface area contributed by atoms with Crippen molar-refractivity contribution in [2.24, 2.45) is 17.8 Å². The van der Waals surface area contributed by atoms with Gasteiger partial charge in [-0.25, -0.2) is 0 Å². The third-order valence-electron chi connectivity index (χ3n) is 5.24. The molecule has 3 heteroatoms. The van der Waals surface area contributed by atoms with E-state index in [1.54, 1.807) is 0 Å². The molecule has 0 bridgehead atoms. The highest BCUT2D eigenvalue weighted by Gasteiger charge is 2.37. The van der Waals surface area contributed by atoms with E-state index in [0.717, 1.165) is 43.5 Å². The van der Waals surface area contributed by atoms with Gasteiger partial charge in [0.1, 0.15) is 0 Å². The quantitative estimate of drug-likeness (QED) is 0.741. The maximum Gasteiger partial charge on any atom is 0.0589 e. The maximum atomic E-state index is 5.30. The molecule has 0 aromatic carbocycles. The summed E-state index contributed by atoms with van der Waals surface area (Å²) in [5.41, 5.74) is 0. The molecule has 2 saturated carbocycles. The first-order valence-corrected chi connectivity index (χ1v) is 8.62. The fraction of sp³-hybridized carbons (Fsp3) is 1.00. The van der Waals surface area contributed by atoms with E-state index >= 15 is 0 Å². The molecule has 0 heterocycles. The molecule has 118 valence electrons. The maximum absolute atomic E-state index is 5.30. The summed E-state index contributed by atoms with van der Waals surface area (Å²) in [6.45, 7) is 11.5. The Morgan fingerprint density at radius 3 is 2.55 bits per heavy atom. The van der Waals surface area contributed by atoms with Crippen LogP contribution in [0.3, 0.4) is 0 Å². The molecule has 2 aliphatic rings. The number of rotatable bonds is 8. The zero-order chi connectivity index (χ0) is 14.5. The lowest BCUT2D eigenvalue weighted by Crippen LogP contribution is -2.49. The molecule has 4 atom stereocenters. The molecule has 0 spiro atoms. The van der Waals surface area contributed by atoms with Crippen LogP contribution in [0, 0.1) is 17.8 Å². The zero-order valence-electron chi connectivity index (χ0n) is 13.9. The molecule has 1 N–H and O–H groups in total. The second-order valence-electron chi connectivity index (χ2n) is 7.10. The fourth-order valence-corrected chi connectivity index (χ4v) is 4.06. The fourth-order valence-electron chi connectivity index (χ4n) is 4.06. The van der Waals surface area contributed by atoms with Crippen LogP contribution >= 0.6 is 0 Å². The molecular formula is C17H34N2O. The molecule has 2 aliphatic carbocycles. The minimum atomic E-state index is 0.711. The third-order valence-corrected chi connectivity index (χ3v) is 5.24. The summed E-state index contributed by atoms with van der Waals surface area (Å²) in [7, 11) is 1.82. The molecule has 0 amide bonds. The SMILES string of the molecule is CCNC1CC(C)CC(C)C1CN(CCOC)C1CC1. The second-order valence-corrected chi connectivity index (χ2v) is 7.10. The van der Waals surface area contributed by atoms with Crippen LogP contribution in [0.2, 0.25) is 0 Å². The Kier molecular flexibility index (Phi) is 6.31. The van der Waals surface area contributed by atoms with Gasteiger partial charge in [0.25, 0.3) is 0 Å². The van der Waals surface area contributed by atoms with Crippen molar-refractivity contribution in [2.75, 3.05) is 33.4 Å². The number of ether oxygens (including phenoxy) is 1. The van der Waals surface area contributed by atoms with Gasteiger partial charge in [0.05, 0.1) is 6.61 Å². The Morgan fingerprint density at radius 1 is 1.20 bits per heavy atom. The van der Waals surface area contributed by atoms with Gasteiger partial charge < -0.3 is 10.1 Å². The minimum absolute atomic E-state index is 0.711. The minimum Gasteiger partial charge on any atom is -0.383 e. The summed E-state index contributed by atoms with van der Waals surface area (Å²) in [6.07, 6.45) is 5.54. The van der Waals surface area contributed by atoms with Crippen LogP contribution in [0.1, 0.15) is 46.5 Å². The first-order valence-electron chi connectivity index (χ1n) is 8.62. The number of methoxy groups -OCH3 is 1. The summed E-state index contributed by atoms with van der Waals surface area (Å²) < 4.78 is 5.30. The standard InChI is InChI=1S/C17H34N2O/c1-5-18-17-11-13(2)10-14(3)16(17)12-19(8-9-20-4)15-6-7-15/h13-18H,5-12H2,1-4H3. The van der Waals surface area contributed by atoms with E-state index in [2.05, 4.69) is 31.0 Å². The Balaban J connectivity index is 1.94. The van der Waals surface area contributed by atoms with Crippen molar-refractivity contribution in [1.29, 1.82) is 0 Å². The summed E-state index contributed by atoms with van der Waals surface area (Å²) in [4.78, 5) is 2.70. The molecule has 0 aromatic heterocycles. The number of hydrogen-bond donors (Lipinski definition) is 1. The average molecular weight is 282 g/mol. The van der Waals surface area contributed by atoms with Crippen LogP contribution in [-0.4, -0.2) is 50.3 Å². The normalized spacial score (nSPS) is 34.6. The van der Waals surface area contributed by atoms with Gasteiger partial charge in [-0.2, -0.15) is 0 Å². The van der Waals surface area contributed by atoms with Gasteiger partial charge in [0.2, 0.25) is 0 Å². The lowest BCUT2D eigenvalue weighted by atomic mass is 9.72. The van der Waals surface area contributed by atoms with Gasteiger partial charge >= 0.3 is 0 Å². The molecular weight excluding hydrogens is 248 g/mol. The first kappa shape index (κ1) is 16.3. The third kappa shape index (κ3) is 4.44. The van der Waals surface area contributed by atoms with E-state index in [1.807, 2.05) is 7.11 Å². The van der Waals surface area contributed by atoms with E-state index in [9.17, 15) is 0 Å². The van der Waals surface area contributed by atoms with E-state index in [0.29, 0.717) is 6.04 Å². The van der Waals surface area contributed by atoms with Gasteiger partial charge in [0.15, 0.2) is 0 Å². The molecule has 0 aromatic rings. The smallest absolute Gasteiger partial charge is 0.0589 e. The van der Waals surface area contributed by atoms with Crippen LogP contribution in [-0.2, 0) is 4.74 Å². The topological polar surface area (TPSA) is 24.5 Å². The predicted molar refractivity (Wildman–Crippen MR) is 85.0 cm³/mol.